The smallest absolute Gasteiger partial charge is 0.230 e. The quantitative estimate of drug-likeness (QED) is 0.735. The molecule has 1 rings (SSSR count). The first kappa shape index (κ1) is 14.6. The second-order valence-electron chi connectivity index (χ2n) is 3.85. The van der Waals surface area contributed by atoms with Gasteiger partial charge >= 0.3 is 0 Å². The summed E-state index contributed by atoms with van der Waals surface area (Å²) in [6.07, 6.45) is 3.33. The van der Waals surface area contributed by atoms with Crippen molar-refractivity contribution in [2.24, 2.45) is 0 Å². The molecule has 0 bridgehead atoms. The Labute approximate surface area is 112 Å². The Hall–Kier alpha value is -0.460. The maximum absolute atomic E-state index is 5.28. The van der Waals surface area contributed by atoms with Crippen molar-refractivity contribution >= 4 is 28.2 Å². The average molecular weight is 275 g/mol. The van der Waals surface area contributed by atoms with E-state index in [4.69, 9.17) is 4.74 Å². The van der Waals surface area contributed by atoms with Crippen LogP contribution in [0.25, 0.3) is 0 Å². The second-order valence-corrected chi connectivity index (χ2v) is 5.89. The zero-order chi connectivity index (χ0) is 12.7. The lowest BCUT2D eigenvalue weighted by Crippen LogP contribution is -2.14. The van der Waals surface area contributed by atoms with Crippen LogP contribution in [-0.2, 0) is 6.54 Å². The monoisotopic (exact) mass is 275 g/mol. The summed E-state index contributed by atoms with van der Waals surface area (Å²) in [7, 11) is 5.66. The molecule has 6 heteroatoms. The van der Waals surface area contributed by atoms with Gasteiger partial charge < -0.3 is 15.0 Å². The van der Waals surface area contributed by atoms with Crippen LogP contribution in [0.1, 0.15) is 11.3 Å². The molecule has 0 radical (unpaired) electrons. The van der Waals surface area contributed by atoms with Crippen molar-refractivity contribution in [3.8, 4) is 5.88 Å². The molecule has 0 atom stereocenters. The third-order valence-electron chi connectivity index (χ3n) is 2.21. The molecule has 98 valence electrons. The summed E-state index contributed by atoms with van der Waals surface area (Å²) in [6.45, 7) is 1.88. The average Bonchev–Trinajstić information content (AvgIpc) is 2.72. The number of thioether (sulfide) groups is 1. The normalized spacial score (nSPS) is 10.6. The predicted octanol–water partition coefficient (Wildman–Crippen LogP) is 2.06. The number of nitrogens with zero attached hydrogens (tertiary/aromatic N) is 2. The molecule has 0 aliphatic rings. The number of hydrogen-bond acceptors (Lipinski definition) is 6. The van der Waals surface area contributed by atoms with Crippen LogP contribution in [0.15, 0.2) is 0 Å². The Bertz CT molecular complexity index is 329. The maximum atomic E-state index is 5.28. The van der Waals surface area contributed by atoms with Gasteiger partial charge in [0.1, 0.15) is 0 Å². The molecular weight excluding hydrogens is 254 g/mol. The standard InChI is InChI=1S/C11H21N3OS2/c1-14(2)11-13-10(15-3)9(17-11)8-12-6-5-7-16-4/h12H,5-8H2,1-4H3. The lowest BCUT2D eigenvalue weighted by molar-refractivity contribution is 0.395. The van der Waals surface area contributed by atoms with Gasteiger partial charge in [-0.25, -0.2) is 0 Å². The minimum absolute atomic E-state index is 0.746. The van der Waals surface area contributed by atoms with Gasteiger partial charge in [0.2, 0.25) is 5.88 Å². The van der Waals surface area contributed by atoms with Crippen molar-refractivity contribution in [3.05, 3.63) is 4.88 Å². The summed E-state index contributed by atoms with van der Waals surface area (Å²) < 4.78 is 5.28. The number of hydrogen-bond donors (Lipinski definition) is 1. The van der Waals surface area contributed by atoms with Gasteiger partial charge in [-0.1, -0.05) is 11.3 Å². The van der Waals surface area contributed by atoms with Gasteiger partial charge in [0, 0.05) is 20.6 Å². The van der Waals surface area contributed by atoms with Gasteiger partial charge in [0.05, 0.1) is 12.0 Å². The van der Waals surface area contributed by atoms with Crippen LogP contribution in [0.5, 0.6) is 5.88 Å². The van der Waals surface area contributed by atoms with Gasteiger partial charge in [-0.2, -0.15) is 16.7 Å². The number of ether oxygens (including phenoxy) is 1. The highest BCUT2D eigenvalue weighted by Gasteiger charge is 2.12. The van der Waals surface area contributed by atoms with Gasteiger partial charge in [0.15, 0.2) is 5.13 Å². The highest BCUT2D eigenvalue weighted by Crippen LogP contribution is 2.30. The number of methoxy groups -OCH3 is 1. The van der Waals surface area contributed by atoms with E-state index < -0.39 is 0 Å². The molecular formula is C11H21N3OS2. The third-order valence-corrected chi connectivity index (χ3v) is 4.11. The van der Waals surface area contributed by atoms with E-state index >= 15 is 0 Å². The van der Waals surface area contributed by atoms with E-state index in [9.17, 15) is 0 Å². The lowest BCUT2D eigenvalue weighted by atomic mass is 10.4. The van der Waals surface area contributed by atoms with Crippen LogP contribution < -0.4 is 15.0 Å². The molecule has 0 spiro atoms. The summed E-state index contributed by atoms with van der Waals surface area (Å²) in [5.41, 5.74) is 0. The summed E-state index contributed by atoms with van der Waals surface area (Å²) in [6, 6.07) is 0. The van der Waals surface area contributed by atoms with Crippen molar-refractivity contribution in [1.82, 2.24) is 10.3 Å². The van der Waals surface area contributed by atoms with E-state index in [1.165, 1.54) is 17.1 Å². The van der Waals surface area contributed by atoms with Crippen molar-refractivity contribution < 1.29 is 4.74 Å². The molecule has 0 amide bonds. The first-order chi connectivity index (χ1) is 8.19. The SMILES string of the molecule is COc1nc(N(C)C)sc1CNCCCSC. The molecule has 0 unspecified atom stereocenters. The number of aromatic nitrogens is 1. The Morgan fingerprint density at radius 1 is 1.47 bits per heavy atom. The highest BCUT2D eigenvalue weighted by molar-refractivity contribution is 7.98. The van der Waals surface area contributed by atoms with E-state index in [1.807, 2.05) is 30.8 Å². The fourth-order valence-corrected chi connectivity index (χ4v) is 2.69. The van der Waals surface area contributed by atoms with E-state index in [0.29, 0.717) is 0 Å². The fourth-order valence-electron chi connectivity index (χ4n) is 1.33. The Morgan fingerprint density at radius 2 is 2.24 bits per heavy atom. The fraction of sp³-hybridized carbons (Fsp3) is 0.727. The van der Waals surface area contributed by atoms with Crippen LogP contribution in [0.2, 0.25) is 0 Å². The molecule has 17 heavy (non-hydrogen) atoms. The number of anilines is 1. The van der Waals surface area contributed by atoms with Crippen molar-refractivity contribution in [3.63, 3.8) is 0 Å². The molecule has 0 aliphatic carbocycles. The summed E-state index contributed by atoms with van der Waals surface area (Å²) in [5, 5.41) is 4.41. The first-order valence-corrected chi connectivity index (χ1v) is 7.80. The summed E-state index contributed by atoms with van der Waals surface area (Å²) >= 11 is 3.56. The Kier molecular flexibility index (Phi) is 6.69. The summed E-state index contributed by atoms with van der Waals surface area (Å²) in [4.78, 5) is 7.59. The van der Waals surface area contributed by atoms with Crippen LogP contribution in [-0.4, -0.2) is 44.7 Å². The molecule has 1 N–H and O–H groups in total. The Morgan fingerprint density at radius 3 is 2.82 bits per heavy atom. The molecule has 0 saturated heterocycles. The van der Waals surface area contributed by atoms with E-state index in [0.717, 1.165) is 24.1 Å². The number of nitrogens with one attached hydrogen (secondary N) is 1. The summed E-state index contributed by atoms with van der Waals surface area (Å²) in [5.74, 6) is 1.95. The molecule has 4 nitrogen and oxygen atoms in total. The minimum atomic E-state index is 0.746. The van der Waals surface area contributed by atoms with Crippen molar-refractivity contribution in [1.29, 1.82) is 0 Å². The molecule has 1 heterocycles. The van der Waals surface area contributed by atoms with Crippen LogP contribution in [0, 0.1) is 0 Å². The molecule has 0 aromatic carbocycles. The van der Waals surface area contributed by atoms with Gasteiger partial charge in [-0.3, -0.25) is 0 Å². The Balaban J connectivity index is 2.46. The van der Waals surface area contributed by atoms with E-state index in [-0.39, 0.29) is 0 Å². The maximum Gasteiger partial charge on any atom is 0.230 e. The molecule has 0 aliphatic heterocycles. The third kappa shape index (κ3) is 4.73. The van der Waals surface area contributed by atoms with Crippen LogP contribution in [0.3, 0.4) is 0 Å². The molecule has 0 saturated carbocycles. The first-order valence-electron chi connectivity index (χ1n) is 5.59. The van der Waals surface area contributed by atoms with Gasteiger partial charge in [-0.05, 0) is 25.0 Å². The topological polar surface area (TPSA) is 37.4 Å². The number of rotatable bonds is 8. The highest BCUT2D eigenvalue weighted by atomic mass is 32.2. The van der Waals surface area contributed by atoms with Crippen molar-refractivity contribution in [2.75, 3.05) is 44.7 Å². The number of thiazole rings is 1. The zero-order valence-corrected chi connectivity index (χ0v) is 12.6. The molecule has 1 aromatic rings. The van der Waals surface area contributed by atoms with Crippen LogP contribution >= 0.6 is 23.1 Å². The van der Waals surface area contributed by atoms with Gasteiger partial charge in [-0.15, -0.1) is 0 Å². The van der Waals surface area contributed by atoms with E-state index in [2.05, 4.69) is 16.6 Å². The minimum Gasteiger partial charge on any atom is -0.480 e. The molecule has 1 aromatic heterocycles. The van der Waals surface area contributed by atoms with Crippen molar-refractivity contribution in [2.45, 2.75) is 13.0 Å². The second kappa shape index (κ2) is 7.79. The van der Waals surface area contributed by atoms with Crippen LogP contribution in [0.4, 0.5) is 5.13 Å². The van der Waals surface area contributed by atoms with Gasteiger partial charge in [0.25, 0.3) is 0 Å². The molecule has 0 fully saturated rings. The largest absolute Gasteiger partial charge is 0.480 e. The zero-order valence-electron chi connectivity index (χ0n) is 10.9. The van der Waals surface area contributed by atoms with E-state index in [1.54, 1.807) is 18.4 Å². The predicted molar refractivity (Wildman–Crippen MR) is 77.7 cm³/mol. The lowest BCUT2D eigenvalue weighted by Gasteiger charge is -2.05.